The lowest BCUT2D eigenvalue weighted by Gasteiger charge is -2.15. The maximum absolute atomic E-state index is 13.3. The van der Waals surface area contributed by atoms with E-state index in [1.807, 2.05) is 37.3 Å². The van der Waals surface area contributed by atoms with Crippen molar-refractivity contribution in [1.29, 1.82) is 0 Å². The van der Waals surface area contributed by atoms with Gasteiger partial charge >= 0.3 is 0 Å². The Morgan fingerprint density at radius 3 is 2.82 bits per heavy atom. The van der Waals surface area contributed by atoms with Crippen LogP contribution in [0, 0.1) is 0 Å². The van der Waals surface area contributed by atoms with Gasteiger partial charge in [0.05, 0.1) is 11.3 Å². The van der Waals surface area contributed by atoms with Crippen LogP contribution in [0.25, 0.3) is 20.4 Å². The first-order chi connectivity index (χ1) is 16.1. The van der Waals surface area contributed by atoms with Gasteiger partial charge in [-0.1, -0.05) is 55.4 Å². The van der Waals surface area contributed by atoms with Crippen LogP contribution in [0.2, 0.25) is 0 Å². The molecule has 1 aromatic carbocycles. The van der Waals surface area contributed by atoms with E-state index in [2.05, 4.69) is 29.4 Å². The van der Waals surface area contributed by atoms with Crippen molar-refractivity contribution in [2.24, 2.45) is 0 Å². The molecule has 8 heteroatoms. The minimum absolute atomic E-state index is 0.0458. The molecule has 3 heterocycles. The molecule has 172 valence electrons. The number of amides is 1. The molecule has 3 aromatic heterocycles. The summed E-state index contributed by atoms with van der Waals surface area (Å²) < 4.78 is 2.35. The monoisotopic (exact) mass is 480 g/mol. The zero-order valence-corrected chi connectivity index (χ0v) is 20.5. The molecule has 6 nitrogen and oxygen atoms in total. The second kappa shape index (κ2) is 10.9. The van der Waals surface area contributed by atoms with E-state index in [-0.39, 0.29) is 23.3 Å². The summed E-state index contributed by atoms with van der Waals surface area (Å²) in [6, 6.07) is 14.1. The highest BCUT2D eigenvalue weighted by Crippen LogP contribution is 2.30. The number of aryl methyl sites for hydroxylation is 1. The Labute approximate surface area is 201 Å². The largest absolute Gasteiger partial charge is 0.353 e. The summed E-state index contributed by atoms with van der Waals surface area (Å²) in [5.74, 6) is 0.175. The van der Waals surface area contributed by atoms with Crippen molar-refractivity contribution >= 4 is 49.4 Å². The Hall–Kier alpha value is -2.71. The number of nitrogens with zero attached hydrogens (tertiary/aromatic N) is 3. The first kappa shape index (κ1) is 23.4. The van der Waals surface area contributed by atoms with Gasteiger partial charge in [0.1, 0.15) is 9.53 Å². The molecule has 0 unspecified atom stereocenters. The molecule has 0 bridgehead atoms. The van der Waals surface area contributed by atoms with Gasteiger partial charge in [0.15, 0.2) is 5.16 Å². The molecule has 0 aliphatic carbocycles. The van der Waals surface area contributed by atoms with Crippen LogP contribution in [0.1, 0.15) is 38.7 Å². The maximum atomic E-state index is 13.3. The molecule has 0 spiro atoms. The number of carbonyl (C=O) groups is 1. The van der Waals surface area contributed by atoms with Crippen LogP contribution in [0.4, 0.5) is 0 Å². The third kappa shape index (κ3) is 5.62. The highest BCUT2D eigenvalue weighted by molar-refractivity contribution is 7.99. The summed E-state index contributed by atoms with van der Waals surface area (Å²) in [5, 5.41) is 4.56. The fourth-order valence-electron chi connectivity index (χ4n) is 3.71. The summed E-state index contributed by atoms with van der Waals surface area (Å²) in [5.41, 5.74) is 1.90. The van der Waals surface area contributed by atoms with Gasteiger partial charge in [-0.2, -0.15) is 0 Å². The summed E-state index contributed by atoms with van der Waals surface area (Å²) in [4.78, 5) is 35.9. The van der Waals surface area contributed by atoms with Gasteiger partial charge in [-0.05, 0) is 43.9 Å². The van der Waals surface area contributed by atoms with E-state index < -0.39 is 0 Å². The molecule has 0 saturated carbocycles. The molecular weight excluding hydrogens is 452 g/mol. The smallest absolute Gasteiger partial charge is 0.272 e. The number of carbonyl (C=O) groups excluding carboxylic acids is 1. The highest BCUT2D eigenvalue weighted by atomic mass is 32.2. The normalized spacial score (nSPS) is 12.3. The van der Waals surface area contributed by atoms with E-state index in [9.17, 15) is 9.59 Å². The van der Waals surface area contributed by atoms with E-state index in [0.29, 0.717) is 21.9 Å². The molecular formula is C25H28N4O2S2. The number of benzene rings is 1. The third-order valence-electron chi connectivity index (χ3n) is 5.50. The summed E-state index contributed by atoms with van der Waals surface area (Å²) in [6.07, 6.45) is 5.38. The quantitative estimate of drug-likeness (QED) is 0.254. The fraction of sp³-hybridized carbons (Fsp3) is 0.360. The van der Waals surface area contributed by atoms with E-state index in [1.165, 1.54) is 28.7 Å². The van der Waals surface area contributed by atoms with E-state index in [0.717, 1.165) is 35.9 Å². The fourth-order valence-corrected chi connectivity index (χ4v) is 5.57. The SMILES string of the molecule is CCCCn1c(SCC(=O)N[C@H](C)CCc2ccccc2)nc2c(sc3ncccc32)c1=O. The van der Waals surface area contributed by atoms with E-state index >= 15 is 0 Å². The average molecular weight is 481 g/mol. The van der Waals surface area contributed by atoms with Crippen LogP contribution >= 0.6 is 23.1 Å². The van der Waals surface area contributed by atoms with Crippen LogP contribution in [-0.2, 0) is 17.8 Å². The van der Waals surface area contributed by atoms with Gasteiger partial charge in [0.2, 0.25) is 5.91 Å². The van der Waals surface area contributed by atoms with Crippen LogP contribution in [-0.4, -0.2) is 32.2 Å². The lowest BCUT2D eigenvalue weighted by molar-refractivity contribution is -0.119. The van der Waals surface area contributed by atoms with Gasteiger partial charge in [0.25, 0.3) is 5.56 Å². The Morgan fingerprint density at radius 2 is 2.03 bits per heavy atom. The Bertz CT molecular complexity index is 1300. The minimum atomic E-state index is -0.0474. The topological polar surface area (TPSA) is 76.9 Å². The zero-order valence-electron chi connectivity index (χ0n) is 18.9. The molecule has 0 aliphatic rings. The Morgan fingerprint density at radius 1 is 1.21 bits per heavy atom. The first-order valence-corrected chi connectivity index (χ1v) is 13.1. The first-order valence-electron chi connectivity index (χ1n) is 11.3. The highest BCUT2D eigenvalue weighted by Gasteiger charge is 2.18. The zero-order chi connectivity index (χ0) is 23.2. The molecule has 4 aromatic rings. The number of aromatic nitrogens is 3. The minimum Gasteiger partial charge on any atom is -0.353 e. The number of fused-ring (bicyclic) bond motifs is 3. The number of thioether (sulfide) groups is 1. The standard InChI is InChI=1S/C25H28N4O2S2/c1-3-4-15-29-24(31)22-21(19-11-8-14-26-23(19)33-22)28-25(29)32-16-20(30)27-17(2)12-13-18-9-6-5-7-10-18/h5-11,14,17H,3-4,12-13,15-16H2,1-2H3,(H,27,30)/t17-/m1/s1. The van der Waals surface area contributed by atoms with Crippen LogP contribution < -0.4 is 10.9 Å². The number of pyridine rings is 1. The number of hydrogen-bond donors (Lipinski definition) is 1. The van der Waals surface area contributed by atoms with Crippen molar-refractivity contribution in [3.63, 3.8) is 0 Å². The lowest BCUT2D eigenvalue weighted by Crippen LogP contribution is -2.34. The van der Waals surface area contributed by atoms with Crippen LogP contribution in [0.3, 0.4) is 0 Å². The lowest BCUT2D eigenvalue weighted by atomic mass is 10.1. The Kier molecular flexibility index (Phi) is 7.77. The molecule has 1 atom stereocenters. The predicted octanol–water partition coefficient (Wildman–Crippen LogP) is 5.04. The van der Waals surface area contributed by atoms with Crippen molar-refractivity contribution in [3.8, 4) is 0 Å². The van der Waals surface area contributed by atoms with Gasteiger partial charge in [-0.25, -0.2) is 9.97 Å². The van der Waals surface area contributed by atoms with E-state index in [1.54, 1.807) is 10.8 Å². The second-order valence-electron chi connectivity index (χ2n) is 8.12. The molecule has 0 saturated heterocycles. The van der Waals surface area contributed by atoms with Crippen molar-refractivity contribution in [2.75, 3.05) is 5.75 Å². The van der Waals surface area contributed by atoms with Crippen molar-refractivity contribution < 1.29 is 4.79 Å². The molecule has 4 rings (SSSR count). The number of hydrogen-bond acceptors (Lipinski definition) is 6. The van der Waals surface area contributed by atoms with Gasteiger partial charge in [-0.3, -0.25) is 14.2 Å². The van der Waals surface area contributed by atoms with Gasteiger partial charge in [0, 0.05) is 24.2 Å². The Balaban J connectivity index is 1.48. The van der Waals surface area contributed by atoms with Crippen molar-refractivity contribution in [1.82, 2.24) is 19.9 Å². The molecule has 0 fully saturated rings. The van der Waals surface area contributed by atoms with Crippen molar-refractivity contribution in [2.45, 2.75) is 57.3 Å². The molecule has 0 aliphatic heterocycles. The summed E-state index contributed by atoms with van der Waals surface area (Å²) >= 11 is 2.71. The van der Waals surface area contributed by atoms with Crippen LogP contribution in [0.15, 0.2) is 58.6 Å². The van der Waals surface area contributed by atoms with Gasteiger partial charge < -0.3 is 5.32 Å². The number of nitrogens with one attached hydrogen (secondary N) is 1. The van der Waals surface area contributed by atoms with E-state index in [4.69, 9.17) is 4.98 Å². The number of unbranched alkanes of at least 4 members (excludes halogenated alkanes) is 1. The van der Waals surface area contributed by atoms with Crippen molar-refractivity contribution in [3.05, 3.63) is 64.6 Å². The second-order valence-corrected chi connectivity index (χ2v) is 10.1. The molecule has 0 radical (unpaired) electrons. The third-order valence-corrected chi connectivity index (χ3v) is 7.57. The predicted molar refractivity (Wildman–Crippen MR) is 137 cm³/mol. The maximum Gasteiger partial charge on any atom is 0.272 e. The molecule has 33 heavy (non-hydrogen) atoms. The average Bonchev–Trinajstić information content (AvgIpc) is 3.20. The number of thiophene rings is 1. The van der Waals surface area contributed by atoms with Gasteiger partial charge in [-0.15, -0.1) is 11.3 Å². The summed E-state index contributed by atoms with van der Waals surface area (Å²) in [6.45, 7) is 4.71. The molecule has 1 N–H and O–H groups in total. The molecule has 1 amide bonds. The summed E-state index contributed by atoms with van der Waals surface area (Å²) in [7, 11) is 0. The number of rotatable bonds is 10. The van der Waals surface area contributed by atoms with Crippen LogP contribution in [0.5, 0.6) is 0 Å².